The van der Waals surface area contributed by atoms with Crippen LogP contribution in [0.5, 0.6) is 0 Å². The lowest BCUT2D eigenvalue weighted by Crippen LogP contribution is -2.47. The van der Waals surface area contributed by atoms with E-state index < -0.39 is 0 Å². The maximum absolute atomic E-state index is 12.2. The quantitative estimate of drug-likeness (QED) is 0.718. The van der Waals surface area contributed by atoms with Crippen LogP contribution in [0.15, 0.2) is 40.6 Å². The maximum atomic E-state index is 12.2. The molecule has 4 heterocycles. The van der Waals surface area contributed by atoms with E-state index in [0.717, 1.165) is 42.8 Å². The molecule has 3 aromatic rings. The van der Waals surface area contributed by atoms with Gasteiger partial charge >= 0.3 is 0 Å². The first kappa shape index (κ1) is 14.2. The van der Waals surface area contributed by atoms with Crippen molar-refractivity contribution in [3.63, 3.8) is 0 Å². The van der Waals surface area contributed by atoms with Gasteiger partial charge in [-0.05, 0) is 19.1 Å². The summed E-state index contributed by atoms with van der Waals surface area (Å²) in [5, 5.41) is 3.15. The number of rotatable bonds is 2. The SMILES string of the molecule is Cc1csc(N2CCN(c3cc(=O)n4ccccc4n3)CC2)n1. The molecule has 0 bridgehead atoms. The van der Waals surface area contributed by atoms with Gasteiger partial charge in [0, 0.05) is 43.8 Å². The molecule has 4 rings (SSSR count). The Labute approximate surface area is 137 Å². The van der Waals surface area contributed by atoms with Gasteiger partial charge in [0.25, 0.3) is 5.56 Å². The first-order chi connectivity index (χ1) is 11.2. The minimum Gasteiger partial charge on any atom is -0.353 e. The number of hydrogen-bond acceptors (Lipinski definition) is 6. The summed E-state index contributed by atoms with van der Waals surface area (Å²) >= 11 is 1.68. The first-order valence-corrected chi connectivity index (χ1v) is 8.49. The molecule has 0 aliphatic carbocycles. The lowest BCUT2D eigenvalue weighted by molar-refractivity contribution is 0.645. The Bertz CT molecular complexity index is 895. The molecule has 0 N–H and O–H groups in total. The van der Waals surface area contributed by atoms with Crippen molar-refractivity contribution in [2.45, 2.75) is 6.92 Å². The smallest absolute Gasteiger partial charge is 0.259 e. The number of pyridine rings is 1. The average molecular weight is 327 g/mol. The van der Waals surface area contributed by atoms with Gasteiger partial charge in [-0.1, -0.05) is 6.07 Å². The highest BCUT2D eigenvalue weighted by atomic mass is 32.1. The van der Waals surface area contributed by atoms with Crippen LogP contribution in [-0.4, -0.2) is 40.5 Å². The number of aryl methyl sites for hydroxylation is 1. The zero-order valence-electron chi connectivity index (χ0n) is 12.8. The highest BCUT2D eigenvalue weighted by Gasteiger charge is 2.20. The molecular weight excluding hydrogens is 310 g/mol. The van der Waals surface area contributed by atoms with Crippen LogP contribution < -0.4 is 15.4 Å². The Kier molecular flexibility index (Phi) is 3.49. The van der Waals surface area contributed by atoms with E-state index in [2.05, 4.69) is 25.1 Å². The van der Waals surface area contributed by atoms with Gasteiger partial charge in [-0.3, -0.25) is 9.20 Å². The van der Waals surface area contributed by atoms with Crippen LogP contribution in [-0.2, 0) is 0 Å². The summed E-state index contributed by atoms with van der Waals surface area (Å²) in [6.45, 7) is 5.48. The van der Waals surface area contributed by atoms with E-state index in [4.69, 9.17) is 0 Å². The van der Waals surface area contributed by atoms with Crippen LogP contribution in [0.2, 0.25) is 0 Å². The molecule has 0 spiro atoms. The van der Waals surface area contributed by atoms with E-state index in [1.165, 1.54) is 0 Å². The summed E-state index contributed by atoms with van der Waals surface area (Å²) in [6.07, 6.45) is 1.75. The second-order valence-corrected chi connectivity index (χ2v) is 6.46. The molecule has 1 saturated heterocycles. The van der Waals surface area contributed by atoms with E-state index in [1.807, 2.05) is 25.1 Å². The molecule has 1 fully saturated rings. The number of thiazole rings is 1. The molecule has 6 nitrogen and oxygen atoms in total. The third-order valence-electron chi connectivity index (χ3n) is 4.04. The van der Waals surface area contributed by atoms with Crippen molar-refractivity contribution in [2.24, 2.45) is 0 Å². The highest BCUT2D eigenvalue weighted by molar-refractivity contribution is 7.13. The van der Waals surface area contributed by atoms with E-state index in [0.29, 0.717) is 5.65 Å². The number of nitrogens with zero attached hydrogens (tertiary/aromatic N) is 5. The van der Waals surface area contributed by atoms with Crippen molar-refractivity contribution < 1.29 is 0 Å². The number of fused-ring (bicyclic) bond motifs is 1. The second kappa shape index (κ2) is 5.66. The van der Waals surface area contributed by atoms with Gasteiger partial charge < -0.3 is 9.80 Å². The van der Waals surface area contributed by atoms with Crippen LogP contribution in [0.25, 0.3) is 5.65 Å². The Morgan fingerprint density at radius 3 is 2.61 bits per heavy atom. The predicted molar refractivity (Wildman–Crippen MR) is 92.7 cm³/mol. The van der Waals surface area contributed by atoms with Crippen LogP contribution >= 0.6 is 11.3 Å². The van der Waals surface area contributed by atoms with Crippen molar-refractivity contribution in [2.75, 3.05) is 36.0 Å². The molecule has 0 atom stereocenters. The van der Waals surface area contributed by atoms with Crippen LogP contribution in [0.3, 0.4) is 0 Å². The summed E-state index contributed by atoms with van der Waals surface area (Å²) in [5.74, 6) is 0.760. The lowest BCUT2D eigenvalue weighted by Gasteiger charge is -2.35. The second-order valence-electron chi connectivity index (χ2n) is 5.63. The van der Waals surface area contributed by atoms with Crippen molar-refractivity contribution in [1.82, 2.24) is 14.4 Å². The Balaban J connectivity index is 1.55. The van der Waals surface area contributed by atoms with E-state index in [1.54, 1.807) is 28.0 Å². The molecule has 1 aliphatic heterocycles. The van der Waals surface area contributed by atoms with Gasteiger partial charge in [0.2, 0.25) is 0 Å². The number of piperazine rings is 1. The topological polar surface area (TPSA) is 53.7 Å². The summed E-state index contributed by atoms with van der Waals surface area (Å²) in [6, 6.07) is 7.22. The number of hydrogen-bond donors (Lipinski definition) is 0. The summed E-state index contributed by atoms with van der Waals surface area (Å²) in [7, 11) is 0. The minimum atomic E-state index is -0.0384. The molecule has 7 heteroatoms. The molecule has 0 amide bonds. The fraction of sp³-hybridized carbons (Fsp3) is 0.312. The normalized spacial score (nSPS) is 15.3. The van der Waals surface area contributed by atoms with Gasteiger partial charge in [0.05, 0.1) is 5.69 Å². The minimum absolute atomic E-state index is 0.0384. The van der Waals surface area contributed by atoms with Crippen molar-refractivity contribution in [3.8, 4) is 0 Å². The zero-order valence-corrected chi connectivity index (χ0v) is 13.7. The number of anilines is 2. The standard InChI is InChI=1S/C16H17N5OS/c1-12-11-23-16(17-12)20-8-6-19(7-9-20)14-10-15(22)21-5-3-2-4-13(21)18-14/h2-5,10-11H,6-9H2,1H3. The zero-order chi connectivity index (χ0) is 15.8. The van der Waals surface area contributed by atoms with E-state index in [9.17, 15) is 4.79 Å². The molecular formula is C16H17N5OS. The van der Waals surface area contributed by atoms with Crippen molar-refractivity contribution >= 4 is 27.9 Å². The van der Waals surface area contributed by atoms with E-state index >= 15 is 0 Å². The maximum Gasteiger partial charge on any atom is 0.259 e. The predicted octanol–water partition coefficient (Wildman–Crippen LogP) is 1.79. The van der Waals surface area contributed by atoms with Crippen LogP contribution in [0.1, 0.15) is 5.69 Å². The lowest BCUT2D eigenvalue weighted by atomic mass is 10.3. The fourth-order valence-electron chi connectivity index (χ4n) is 2.82. The first-order valence-electron chi connectivity index (χ1n) is 7.61. The molecule has 1 aliphatic rings. The average Bonchev–Trinajstić information content (AvgIpc) is 3.01. The fourth-order valence-corrected chi connectivity index (χ4v) is 3.67. The third kappa shape index (κ3) is 2.68. The van der Waals surface area contributed by atoms with E-state index in [-0.39, 0.29) is 5.56 Å². The largest absolute Gasteiger partial charge is 0.353 e. The highest BCUT2D eigenvalue weighted by Crippen LogP contribution is 2.22. The molecule has 118 valence electrons. The molecule has 23 heavy (non-hydrogen) atoms. The van der Waals surface area contributed by atoms with Crippen LogP contribution in [0.4, 0.5) is 10.9 Å². The Hall–Kier alpha value is -2.41. The Morgan fingerprint density at radius 2 is 1.87 bits per heavy atom. The van der Waals surface area contributed by atoms with Gasteiger partial charge in [-0.25, -0.2) is 9.97 Å². The van der Waals surface area contributed by atoms with Gasteiger partial charge in [0.1, 0.15) is 11.5 Å². The summed E-state index contributed by atoms with van der Waals surface area (Å²) in [4.78, 5) is 25.8. The molecule has 0 aromatic carbocycles. The van der Waals surface area contributed by atoms with Crippen molar-refractivity contribution in [3.05, 3.63) is 51.9 Å². The monoisotopic (exact) mass is 327 g/mol. The Morgan fingerprint density at radius 1 is 1.09 bits per heavy atom. The van der Waals surface area contributed by atoms with Gasteiger partial charge in [0.15, 0.2) is 5.13 Å². The molecule has 3 aromatic heterocycles. The van der Waals surface area contributed by atoms with Crippen LogP contribution in [0, 0.1) is 6.92 Å². The third-order valence-corrected chi connectivity index (χ3v) is 5.06. The van der Waals surface area contributed by atoms with Crippen molar-refractivity contribution in [1.29, 1.82) is 0 Å². The van der Waals surface area contributed by atoms with Gasteiger partial charge in [-0.15, -0.1) is 11.3 Å². The van der Waals surface area contributed by atoms with Gasteiger partial charge in [-0.2, -0.15) is 0 Å². The number of aromatic nitrogens is 3. The summed E-state index contributed by atoms with van der Waals surface area (Å²) in [5.41, 5.74) is 1.72. The summed E-state index contributed by atoms with van der Waals surface area (Å²) < 4.78 is 1.57. The molecule has 0 saturated carbocycles. The molecule has 0 radical (unpaired) electrons. The molecule has 0 unspecified atom stereocenters.